The molecule has 0 atom stereocenters. The average Bonchev–Trinajstić information content (AvgIpc) is 2.43. The molecule has 2 aromatic rings. The van der Waals surface area contributed by atoms with Crippen molar-refractivity contribution in [2.45, 2.75) is 0 Å². The summed E-state index contributed by atoms with van der Waals surface area (Å²) in [6.07, 6.45) is 0. The molecule has 2 aromatic carbocycles. The van der Waals surface area contributed by atoms with E-state index >= 15 is 0 Å². The van der Waals surface area contributed by atoms with E-state index in [1.54, 1.807) is 14.2 Å². The van der Waals surface area contributed by atoms with E-state index in [-0.39, 0.29) is 0 Å². The summed E-state index contributed by atoms with van der Waals surface area (Å²) in [6.45, 7) is 0. The molecule has 0 saturated carbocycles. The topological polar surface area (TPSA) is 27.7 Å². The van der Waals surface area contributed by atoms with Crippen LogP contribution in [0.2, 0.25) is 0 Å². The predicted octanol–water partition coefficient (Wildman–Crippen LogP) is 2.47. The molecule has 3 nitrogen and oxygen atoms in total. The summed E-state index contributed by atoms with van der Waals surface area (Å²) < 4.78 is 16.6. The summed E-state index contributed by atoms with van der Waals surface area (Å²) in [5.74, 6) is 1.58. The van der Waals surface area contributed by atoms with E-state index in [0.29, 0.717) is 0 Å². The monoisotopic (exact) mass is 259 g/mol. The van der Waals surface area contributed by atoms with Gasteiger partial charge in [-0.05, 0) is 18.2 Å². The normalized spacial score (nSPS) is 10.6. The van der Waals surface area contributed by atoms with Crippen molar-refractivity contribution in [3.8, 4) is 11.5 Å². The first-order valence-electron chi connectivity index (χ1n) is 5.62. The first kappa shape index (κ1) is 12.8. The van der Waals surface area contributed by atoms with E-state index < -0.39 is 9.28 Å². The highest BCUT2D eigenvalue weighted by Gasteiger charge is 2.20. The lowest BCUT2D eigenvalue weighted by Crippen LogP contribution is -2.35. The highest BCUT2D eigenvalue weighted by atomic mass is 28.3. The third kappa shape index (κ3) is 2.98. The summed E-state index contributed by atoms with van der Waals surface area (Å²) in [6, 6.07) is 17.5. The van der Waals surface area contributed by atoms with Gasteiger partial charge in [-0.25, -0.2) is 0 Å². The van der Waals surface area contributed by atoms with Crippen molar-refractivity contribution in [3.05, 3.63) is 54.6 Å². The molecule has 0 heterocycles. The summed E-state index contributed by atoms with van der Waals surface area (Å²) in [5.41, 5.74) is 0. The molecule has 0 aliphatic heterocycles. The maximum absolute atomic E-state index is 5.86. The van der Waals surface area contributed by atoms with Gasteiger partial charge in [0.15, 0.2) is 0 Å². The quantitative estimate of drug-likeness (QED) is 0.772. The molecule has 18 heavy (non-hydrogen) atoms. The fraction of sp³-hybridized carbons (Fsp3) is 0.143. The van der Waals surface area contributed by atoms with Crippen LogP contribution in [-0.2, 0) is 8.85 Å². The Balaban J connectivity index is 2.28. The van der Waals surface area contributed by atoms with Gasteiger partial charge < -0.3 is 13.6 Å². The van der Waals surface area contributed by atoms with Gasteiger partial charge in [0.2, 0.25) is 0 Å². The predicted molar refractivity (Wildman–Crippen MR) is 72.4 cm³/mol. The van der Waals surface area contributed by atoms with Crippen LogP contribution in [0.15, 0.2) is 54.6 Å². The molecule has 1 radical (unpaired) electrons. The fourth-order valence-corrected chi connectivity index (χ4v) is 2.82. The van der Waals surface area contributed by atoms with Crippen molar-refractivity contribution in [3.63, 3.8) is 0 Å². The lowest BCUT2D eigenvalue weighted by molar-refractivity contribution is 0.291. The number of hydrogen-bond acceptors (Lipinski definition) is 3. The molecule has 0 fully saturated rings. The first-order chi connectivity index (χ1) is 8.85. The van der Waals surface area contributed by atoms with E-state index in [9.17, 15) is 0 Å². The van der Waals surface area contributed by atoms with Crippen molar-refractivity contribution in [1.82, 2.24) is 0 Å². The second kappa shape index (κ2) is 6.35. The van der Waals surface area contributed by atoms with Crippen LogP contribution in [-0.4, -0.2) is 23.5 Å². The first-order valence-corrected chi connectivity index (χ1v) is 6.94. The highest BCUT2D eigenvalue weighted by molar-refractivity contribution is 6.62. The number of para-hydroxylation sites is 2. The molecular weight excluding hydrogens is 244 g/mol. The zero-order chi connectivity index (χ0) is 12.8. The van der Waals surface area contributed by atoms with Crippen molar-refractivity contribution >= 4 is 14.5 Å². The van der Waals surface area contributed by atoms with Gasteiger partial charge in [-0.3, -0.25) is 0 Å². The fourth-order valence-electron chi connectivity index (χ4n) is 1.64. The minimum absolute atomic E-state index is 0.779. The maximum atomic E-state index is 5.86. The molecule has 0 bridgehead atoms. The van der Waals surface area contributed by atoms with Crippen molar-refractivity contribution in [1.29, 1.82) is 0 Å². The molecule has 0 spiro atoms. The molecule has 93 valence electrons. The SMILES string of the molecule is CO[Si](OC)c1ccccc1Oc1ccccc1. The van der Waals surface area contributed by atoms with E-state index in [1.807, 2.05) is 54.6 Å². The van der Waals surface area contributed by atoms with E-state index in [1.165, 1.54) is 0 Å². The number of rotatable bonds is 5. The summed E-state index contributed by atoms with van der Waals surface area (Å²) >= 11 is 0. The Morgan fingerprint density at radius 1 is 0.778 bits per heavy atom. The third-order valence-corrected chi connectivity index (χ3v) is 4.04. The van der Waals surface area contributed by atoms with Gasteiger partial charge in [-0.2, -0.15) is 0 Å². The average molecular weight is 259 g/mol. The minimum atomic E-state index is -1.47. The molecule has 0 aliphatic carbocycles. The lowest BCUT2D eigenvalue weighted by atomic mass is 10.3. The van der Waals surface area contributed by atoms with Crippen LogP contribution in [0.25, 0.3) is 0 Å². The van der Waals surface area contributed by atoms with Crippen molar-refractivity contribution in [2.24, 2.45) is 0 Å². The zero-order valence-corrected chi connectivity index (χ0v) is 11.4. The van der Waals surface area contributed by atoms with E-state index in [2.05, 4.69) is 0 Å². The molecule has 0 N–H and O–H groups in total. The number of hydrogen-bond donors (Lipinski definition) is 0. The molecule has 0 unspecified atom stereocenters. The summed E-state index contributed by atoms with van der Waals surface area (Å²) in [7, 11) is 1.83. The van der Waals surface area contributed by atoms with Gasteiger partial charge >= 0.3 is 9.28 Å². The highest BCUT2D eigenvalue weighted by Crippen LogP contribution is 2.19. The van der Waals surface area contributed by atoms with Crippen molar-refractivity contribution in [2.75, 3.05) is 14.2 Å². The molecule has 4 heteroatoms. The second-order valence-corrected chi connectivity index (χ2v) is 5.54. The lowest BCUT2D eigenvalue weighted by Gasteiger charge is -2.14. The number of ether oxygens (including phenoxy) is 1. The number of benzene rings is 2. The van der Waals surface area contributed by atoms with Gasteiger partial charge in [-0.1, -0.05) is 36.4 Å². The van der Waals surface area contributed by atoms with Crippen LogP contribution in [0.1, 0.15) is 0 Å². The second-order valence-electron chi connectivity index (χ2n) is 3.61. The Kier molecular flexibility index (Phi) is 4.52. The summed E-state index contributed by atoms with van der Waals surface area (Å²) in [5, 5.41) is 0.969. The van der Waals surface area contributed by atoms with Crippen LogP contribution in [0.5, 0.6) is 11.5 Å². The van der Waals surface area contributed by atoms with Crippen molar-refractivity contribution < 1.29 is 13.6 Å². The van der Waals surface area contributed by atoms with Gasteiger partial charge in [0.05, 0.1) is 0 Å². The van der Waals surface area contributed by atoms with E-state index in [4.69, 9.17) is 13.6 Å². The summed E-state index contributed by atoms with van der Waals surface area (Å²) in [4.78, 5) is 0. The standard InChI is InChI=1S/C14H15O3Si/c1-15-18(16-2)14-11-7-6-10-13(14)17-12-8-4-3-5-9-12/h3-11H,1-2H3. The van der Waals surface area contributed by atoms with Crippen LogP contribution < -0.4 is 9.92 Å². The Morgan fingerprint density at radius 3 is 2.06 bits per heavy atom. The third-order valence-electron chi connectivity index (χ3n) is 2.45. The molecule has 0 aromatic heterocycles. The van der Waals surface area contributed by atoms with Gasteiger partial charge in [0, 0.05) is 19.4 Å². The van der Waals surface area contributed by atoms with E-state index in [0.717, 1.165) is 16.7 Å². The van der Waals surface area contributed by atoms with Gasteiger partial charge in [-0.15, -0.1) is 0 Å². The molecule has 0 saturated heterocycles. The Bertz CT molecular complexity index is 483. The largest absolute Gasteiger partial charge is 0.457 e. The minimum Gasteiger partial charge on any atom is -0.457 e. The van der Waals surface area contributed by atoms with Gasteiger partial charge in [0.25, 0.3) is 0 Å². The van der Waals surface area contributed by atoms with Crippen LogP contribution in [0, 0.1) is 0 Å². The van der Waals surface area contributed by atoms with Gasteiger partial charge in [0.1, 0.15) is 11.5 Å². The molecular formula is C14H15O3Si. The van der Waals surface area contributed by atoms with Crippen LogP contribution in [0.4, 0.5) is 0 Å². The Labute approximate surface area is 109 Å². The smallest absolute Gasteiger partial charge is 0.426 e. The molecule has 2 rings (SSSR count). The Hall–Kier alpha value is -1.62. The van der Waals surface area contributed by atoms with Crippen LogP contribution in [0.3, 0.4) is 0 Å². The Morgan fingerprint density at radius 2 is 1.39 bits per heavy atom. The molecule has 0 amide bonds. The zero-order valence-electron chi connectivity index (χ0n) is 10.4. The van der Waals surface area contributed by atoms with Crippen LogP contribution >= 0.6 is 0 Å². The molecule has 0 aliphatic rings. The maximum Gasteiger partial charge on any atom is 0.426 e.